The Labute approximate surface area is 217 Å². The summed E-state index contributed by atoms with van der Waals surface area (Å²) in [5.41, 5.74) is 3.86. The Morgan fingerprint density at radius 1 is 1.06 bits per heavy atom. The van der Waals surface area contributed by atoms with Crippen LogP contribution in [0.4, 0.5) is 0 Å². The van der Waals surface area contributed by atoms with Crippen molar-refractivity contribution >= 4 is 27.5 Å². The zero-order chi connectivity index (χ0) is 25.7. The Morgan fingerprint density at radius 2 is 1.86 bits per heavy atom. The van der Waals surface area contributed by atoms with E-state index in [2.05, 4.69) is 15.0 Å². The maximum Gasteiger partial charge on any atom is 0.273 e. The van der Waals surface area contributed by atoms with Gasteiger partial charge < -0.3 is 10.1 Å². The van der Waals surface area contributed by atoms with Crippen LogP contribution >= 0.6 is 11.6 Å². The number of amides is 1. The van der Waals surface area contributed by atoms with Crippen LogP contribution in [0.2, 0.25) is 5.02 Å². The van der Waals surface area contributed by atoms with Crippen molar-refractivity contribution in [3.63, 3.8) is 0 Å². The van der Waals surface area contributed by atoms with Crippen molar-refractivity contribution in [2.75, 3.05) is 13.2 Å². The summed E-state index contributed by atoms with van der Waals surface area (Å²) in [6.07, 6.45) is 4.32. The maximum absolute atomic E-state index is 13.2. The number of carbonyl (C=O) groups is 1. The molecule has 0 aliphatic heterocycles. The van der Waals surface area contributed by atoms with Gasteiger partial charge in [-0.3, -0.25) is 4.79 Å². The predicted molar refractivity (Wildman–Crippen MR) is 141 cm³/mol. The van der Waals surface area contributed by atoms with E-state index in [9.17, 15) is 13.2 Å². The normalized spacial score (nSPS) is 14.9. The second-order valence-electron chi connectivity index (χ2n) is 8.84. The van der Waals surface area contributed by atoms with Gasteiger partial charge in [0.25, 0.3) is 5.91 Å². The highest BCUT2D eigenvalue weighted by atomic mass is 35.5. The van der Waals surface area contributed by atoms with Crippen molar-refractivity contribution < 1.29 is 17.9 Å². The number of hydrogen-bond donors (Lipinski definition) is 2. The number of hydrogen-bond acceptors (Lipinski definition) is 5. The van der Waals surface area contributed by atoms with Gasteiger partial charge in [0.1, 0.15) is 0 Å². The molecule has 2 aromatic carbocycles. The van der Waals surface area contributed by atoms with Gasteiger partial charge in [-0.1, -0.05) is 43.6 Å². The number of halogens is 1. The van der Waals surface area contributed by atoms with Crippen molar-refractivity contribution in [2.24, 2.45) is 0 Å². The standard InChI is InChI=1S/C27H30ClN3O4S/c1-3-10-30-36(33,34)24-9-8-19-13-23(14-20(19)15-24)31-27(32)26-25(35-11-4-2)16-21(17-29-26)18-6-5-7-22(28)12-18/h5-9,12,15-17,23,30H,3-4,10-11,13-14H2,1-2H3,(H,31,32). The van der Waals surface area contributed by atoms with Crippen LogP contribution in [-0.2, 0) is 22.9 Å². The van der Waals surface area contributed by atoms with Gasteiger partial charge in [-0.15, -0.1) is 0 Å². The fraction of sp³-hybridized carbons (Fsp3) is 0.333. The molecule has 1 amide bonds. The van der Waals surface area contributed by atoms with Gasteiger partial charge in [0, 0.05) is 29.4 Å². The van der Waals surface area contributed by atoms with Crippen LogP contribution in [0.1, 0.15) is 48.3 Å². The number of sulfonamides is 1. The van der Waals surface area contributed by atoms with E-state index in [0.29, 0.717) is 36.8 Å². The molecule has 190 valence electrons. The SMILES string of the molecule is CCCNS(=O)(=O)c1ccc2c(c1)CC(NC(=O)c1ncc(-c3cccc(Cl)c3)cc1OCCC)C2. The van der Waals surface area contributed by atoms with E-state index in [1.165, 1.54) is 0 Å². The third-order valence-electron chi connectivity index (χ3n) is 5.99. The van der Waals surface area contributed by atoms with E-state index in [1.54, 1.807) is 24.4 Å². The fourth-order valence-electron chi connectivity index (χ4n) is 4.20. The number of aromatic nitrogens is 1. The minimum atomic E-state index is -3.54. The largest absolute Gasteiger partial charge is 0.491 e. The molecule has 1 aliphatic carbocycles. The molecule has 1 heterocycles. The first-order valence-electron chi connectivity index (χ1n) is 12.1. The van der Waals surface area contributed by atoms with Gasteiger partial charge in [-0.2, -0.15) is 0 Å². The van der Waals surface area contributed by atoms with Gasteiger partial charge >= 0.3 is 0 Å². The number of nitrogens with one attached hydrogen (secondary N) is 2. The minimum Gasteiger partial charge on any atom is -0.491 e. The van der Waals surface area contributed by atoms with Gasteiger partial charge in [-0.05, 0) is 72.7 Å². The first kappa shape index (κ1) is 26.1. The molecular weight excluding hydrogens is 498 g/mol. The van der Waals surface area contributed by atoms with E-state index >= 15 is 0 Å². The molecule has 3 aromatic rings. The van der Waals surface area contributed by atoms with Crippen molar-refractivity contribution in [3.8, 4) is 16.9 Å². The van der Waals surface area contributed by atoms with Gasteiger partial charge in [0.2, 0.25) is 10.0 Å². The summed E-state index contributed by atoms with van der Waals surface area (Å²) in [6.45, 7) is 4.76. The van der Waals surface area contributed by atoms with E-state index < -0.39 is 10.0 Å². The van der Waals surface area contributed by atoms with Crippen LogP contribution in [-0.4, -0.2) is 38.5 Å². The minimum absolute atomic E-state index is 0.164. The average molecular weight is 528 g/mol. The molecular formula is C27H30ClN3O4S. The lowest BCUT2D eigenvalue weighted by atomic mass is 10.1. The van der Waals surface area contributed by atoms with Crippen LogP contribution in [0.5, 0.6) is 5.75 Å². The highest BCUT2D eigenvalue weighted by Gasteiger charge is 2.27. The summed E-state index contributed by atoms with van der Waals surface area (Å²) in [5, 5.41) is 3.67. The molecule has 0 spiro atoms. The number of rotatable bonds is 10. The summed E-state index contributed by atoms with van der Waals surface area (Å²) in [7, 11) is -3.54. The molecule has 0 fully saturated rings. The number of benzene rings is 2. The smallest absolute Gasteiger partial charge is 0.273 e. The Balaban J connectivity index is 1.51. The van der Waals surface area contributed by atoms with Gasteiger partial charge in [-0.25, -0.2) is 18.1 Å². The molecule has 7 nitrogen and oxygen atoms in total. The first-order chi connectivity index (χ1) is 17.3. The average Bonchev–Trinajstić information content (AvgIpc) is 3.27. The van der Waals surface area contributed by atoms with E-state index in [-0.39, 0.29) is 22.5 Å². The molecule has 9 heteroatoms. The topological polar surface area (TPSA) is 97.4 Å². The summed E-state index contributed by atoms with van der Waals surface area (Å²) in [6, 6.07) is 14.2. The Kier molecular flexibility index (Phi) is 8.28. The molecule has 36 heavy (non-hydrogen) atoms. The molecule has 2 N–H and O–H groups in total. The van der Waals surface area contributed by atoms with Crippen molar-refractivity contribution in [1.29, 1.82) is 0 Å². The summed E-state index contributed by atoms with van der Waals surface area (Å²) in [5.74, 6) is 0.0896. The first-order valence-corrected chi connectivity index (χ1v) is 14.0. The molecule has 0 saturated carbocycles. The molecule has 1 atom stereocenters. The summed E-state index contributed by atoms with van der Waals surface area (Å²) >= 11 is 6.14. The summed E-state index contributed by atoms with van der Waals surface area (Å²) in [4.78, 5) is 17.9. The Bertz CT molecular complexity index is 1360. The highest BCUT2D eigenvalue weighted by molar-refractivity contribution is 7.89. The molecule has 0 radical (unpaired) electrons. The van der Waals surface area contributed by atoms with Crippen LogP contribution in [0, 0.1) is 0 Å². The second kappa shape index (κ2) is 11.4. The van der Waals surface area contributed by atoms with Crippen molar-refractivity contribution in [3.05, 3.63) is 76.6 Å². The maximum atomic E-state index is 13.2. The predicted octanol–water partition coefficient (Wildman–Crippen LogP) is 4.78. The van der Waals surface area contributed by atoms with Crippen LogP contribution in [0.15, 0.2) is 59.6 Å². The van der Waals surface area contributed by atoms with Crippen molar-refractivity contribution in [2.45, 2.75) is 50.5 Å². The molecule has 4 rings (SSSR count). The number of carbonyl (C=O) groups excluding carboxylic acids is 1. The fourth-order valence-corrected chi connectivity index (χ4v) is 5.57. The summed E-state index contributed by atoms with van der Waals surface area (Å²) < 4.78 is 33.5. The van der Waals surface area contributed by atoms with Crippen LogP contribution in [0.25, 0.3) is 11.1 Å². The molecule has 1 aromatic heterocycles. The molecule has 0 bridgehead atoms. The Morgan fingerprint density at radius 3 is 2.61 bits per heavy atom. The molecule has 1 aliphatic rings. The Hall–Kier alpha value is -2.94. The second-order valence-corrected chi connectivity index (χ2v) is 11.0. The van der Waals surface area contributed by atoms with Crippen LogP contribution in [0.3, 0.4) is 0 Å². The number of fused-ring (bicyclic) bond motifs is 1. The van der Waals surface area contributed by atoms with E-state index in [1.807, 2.05) is 44.2 Å². The van der Waals surface area contributed by atoms with Gasteiger partial charge in [0.15, 0.2) is 11.4 Å². The molecule has 1 unspecified atom stereocenters. The quantitative estimate of drug-likeness (QED) is 0.395. The lowest BCUT2D eigenvalue weighted by molar-refractivity contribution is 0.0929. The lowest BCUT2D eigenvalue weighted by Gasteiger charge is -2.15. The highest BCUT2D eigenvalue weighted by Crippen LogP contribution is 2.29. The lowest BCUT2D eigenvalue weighted by Crippen LogP contribution is -2.36. The monoisotopic (exact) mass is 527 g/mol. The van der Waals surface area contributed by atoms with Crippen LogP contribution < -0.4 is 14.8 Å². The van der Waals surface area contributed by atoms with Crippen molar-refractivity contribution in [1.82, 2.24) is 15.0 Å². The molecule has 0 saturated heterocycles. The van der Waals surface area contributed by atoms with E-state index in [4.69, 9.17) is 16.3 Å². The third kappa shape index (κ3) is 6.06. The zero-order valence-corrected chi connectivity index (χ0v) is 22.0. The van der Waals surface area contributed by atoms with Gasteiger partial charge in [0.05, 0.1) is 11.5 Å². The zero-order valence-electron chi connectivity index (χ0n) is 20.4. The third-order valence-corrected chi connectivity index (χ3v) is 7.68. The number of pyridine rings is 1. The van der Waals surface area contributed by atoms with E-state index in [0.717, 1.165) is 35.1 Å². The number of ether oxygens (including phenoxy) is 1. The number of nitrogens with zero attached hydrogens (tertiary/aromatic N) is 1.